The number of ether oxygens (including phenoxy) is 1. The molecular weight excluding hydrogens is 142 g/mol. The maximum atomic E-state index is 11.1. The van der Waals surface area contributed by atoms with E-state index in [1.54, 1.807) is 7.11 Å². The summed E-state index contributed by atoms with van der Waals surface area (Å²) in [4.78, 5) is 0. The Morgan fingerprint density at radius 2 is 2.18 bits per heavy atom. The molecule has 2 atom stereocenters. The van der Waals surface area contributed by atoms with Gasteiger partial charge >= 0.3 is 0 Å². The second kappa shape index (κ2) is 3.09. The van der Waals surface area contributed by atoms with Crippen molar-refractivity contribution < 1.29 is 9.80 Å². The lowest BCUT2D eigenvalue weighted by Gasteiger charge is -2.42. The molecule has 66 valence electrons. The number of hydrogen-bond acceptors (Lipinski definition) is 2. The van der Waals surface area contributed by atoms with E-state index in [9.17, 15) is 5.21 Å². The second-order valence-corrected chi connectivity index (χ2v) is 3.97. The molecule has 0 aromatic carbocycles. The maximum absolute atomic E-state index is 11.1. The Hall–Kier alpha value is -0.120. The van der Waals surface area contributed by atoms with Gasteiger partial charge in [-0.3, -0.25) is 0 Å². The van der Waals surface area contributed by atoms with E-state index in [0.717, 1.165) is 6.42 Å². The first-order valence-electron chi connectivity index (χ1n) is 4.11. The Bertz CT molecular complexity index is 136. The van der Waals surface area contributed by atoms with Gasteiger partial charge in [0.1, 0.15) is 0 Å². The fourth-order valence-electron chi connectivity index (χ4n) is 1.83. The van der Waals surface area contributed by atoms with Crippen LogP contribution in [0.1, 0.15) is 20.3 Å². The van der Waals surface area contributed by atoms with E-state index in [0.29, 0.717) is 18.2 Å². The highest BCUT2D eigenvalue weighted by atomic mass is 16.5. The van der Waals surface area contributed by atoms with Crippen LogP contribution in [0.3, 0.4) is 0 Å². The topological polar surface area (TPSA) is 36.7 Å². The number of rotatable bonds is 1. The maximum Gasteiger partial charge on any atom is 0.0845 e. The SMILES string of the molecule is CO[C@H]1CC[NH+]([O-])CC1(C)C. The Morgan fingerprint density at radius 1 is 1.55 bits per heavy atom. The molecule has 1 N–H and O–H groups in total. The van der Waals surface area contributed by atoms with Crippen molar-refractivity contribution in [3.63, 3.8) is 0 Å². The number of piperidine rings is 1. The van der Waals surface area contributed by atoms with Crippen LogP contribution in [-0.4, -0.2) is 26.3 Å². The number of nitrogens with one attached hydrogen (secondary N) is 1. The third-order valence-electron chi connectivity index (χ3n) is 2.49. The molecule has 1 unspecified atom stereocenters. The minimum atomic E-state index is 0.0457. The zero-order valence-electron chi connectivity index (χ0n) is 7.52. The van der Waals surface area contributed by atoms with Gasteiger partial charge in [-0.2, -0.15) is 0 Å². The van der Waals surface area contributed by atoms with Crippen molar-refractivity contribution in [3.05, 3.63) is 5.21 Å². The Balaban J connectivity index is 2.56. The highest BCUT2D eigenvalue weighted by Gasteiger charge is 2.36. The number of methoxy groups -OCH3 is 1. The molecule has 0 saturated carbocycles. The van der Waals surface area contributed by atoms with Gasteiger partial charge in [0.25, 0.3) is 0 Å². The fourth-order valence-corrected chi connectivity index (χ4v) is 1.83. The van der Waals surface area contributed by atoms with Crippen molar-refractivity contribution in [2.45, 2.75) is 26.4 Å². The predicted molar refractivity (Wildman–Crippen MR) is 43.3 cm³/mol. The van der Waals surface area contributed by atoms with Crippen molar-refractivity contribution in [2.75, 3.05) is 20.2 Å². The van der Waals surface area contributed by atoms with Crippen molar-refractivity contribution in [3.8, 4) is 0 Å². The average Bonchev–Trinajstić information content (AvgIpc) is 1.85. The van der Waals surface area contributed by atoms with Crippen LogP contribution >= 0.6 is 0 Å². The number of quaternary nitrogens is 1. The molecule has 1 saturated heterocycles. The zero-order valence-corrected chi connectivity index (χ0v) is 7.52. The van der Waals surface area contributed by atoms with Crippen molar-refractivity contribution in [2.24, 2.45) is 5.41 Å². The van der Waals surface area contributed by atoms with Gasteiger partial charge in [-0.1, -0.05) is 13.8 Å². The van der Waals surface area contributed by atoms with Gasteiger partial charge in [0.2, 0.25) is 0 Å². The monoisotopic (exact) mass is 159 g/mol. The molecule has 0 bridgehead atoms. The normalized spacial score (nSPS) is 37.1. The first-order chi connectivity index (χ1) is 5.06. The minimum Gasteiger partial charge on any atom is -0.634 e. The van der Waals surface area contributed by atoms with E-state index in [2.05, 4.69) is 13.8 Å². The molecule has 0 aromatic rings. The molecule has 3 nitrogen and oxygen atoms in total. The first kappa shape index (κ1) is 8.97. The summed E-state index contributed by atoms with van der Waals surface area (Å²) in [5.74, 6) is 0. The lowest BCUT2D eigenvalue weighted by Crippen LogP contribution is -3.10. The molecular formula is C8H17NO2. The molecule has 0 radical (unpaired) electrons. The summed E-state index contributed by atoms with van der Waals surface area (Å²) < 4.78 is 5.30. The third kappa shape index (κ3) is 1.92. The van der Waals surface area contributed by atoms with Crippen LogP contribution in [0.4, 0.5) is 0 Å². The molecule has 11 heavy (non-hydrogen) atoms. The van der Waals surface area contributed by atoms with Crippen LogP contribution in [0.25, 0.3) is 0 Å². The lowest BCUT2D eigenvalue weighted by molar-refractivity contribution is -0.863. The van der Waals surface area contributed by atoms with E-state index in [1.807, 2.05) is 0 Å². The minimum absolute atomic E-state index is 0.0457. The van der Waals surface area contributed by atoms with Gasteiger partial charge in [-0.25, -0.2) is 0 Å². The molecule has 1 fully saturated rings. The van der Waals surface area contributed by atoms with Gasteiger partial charge in [-0.15, -0.1) is 0 Å². The van der Waals surface area contributed by atoms with Crippen LogP contribution in [0, 0.1) is 10.6 Å². The van der Waals surface area contributed by atoms with Gasteiger partial charge in [0, 0.05) is 18.9 Å². The van der Waals surface area contributed by atoms with Gasteiger partial charge < -0.3 is 15.0 Å². The number of hydroxylamine groups is 2. The van der Waals surface area contributed by atoms with E-state index >= 15 is 0 Å². The van der Waals surface area contributed by atoms with E-state index < -0.39 is 0 Å². The van der Waals surface area contributed by atoms with E-state index in [-0.39, 0.29) is 11.5 Å². The van der Waals surface area contributed by atoms with Crippen molar-refractivity contribution >= 4 is 0 Å². The van der Waals surface area contributed by atoms with Crippen molar-refractivity contribution in [1.82, 2.24) is 0 Å². The molecule has 1 aliphatic rings. The Kier molecular flexibility index (Phi) is 2.52. The summed E-state index contributed by atoms with van der Waals surface area (Å²) in [7, 11) is 1.72. The summed E-state index contributed by atoms with van der Waals surface area (Å²) >= 11 is 0. The highest BCUT2D eigenvalue weighted by Crippen LogP contribution is 2.25. The summed E-state index contributed by atoms with van der Waals surface area (Å²) in [5.41, 5.74) is 0.0457. The molecule has 0 aromatic heterocycles. The average molecular weight is 159 g/mol. The summed E-state index contributed by atoms with van der Waals surface area (Å²) in [6.07, 6.45) is 1.16. The largest absolute Gasteiger partial charge is 0.634 e. The zero-order chi connectivity index (χ0) is 8.48. The molecule has 0 amide bonds. The van der Waals surface area contributed by atoms with Gasteiger partial charge in [0.15, 0.2) is 0 Å². The summed E-state index contributed by atoms with van der Waals surface area (Å²) in [6.45, 7) is 5.56. The number of hydrogen-bond donors (Lipinski definition) is 1. The van der Waals surface area contributed by atoms with Crippen LogP contribution in [0.2, 0.25) is 0 Å². The molecule has 0 aliphatic carbocycles. The Morgan fingerprint density at radius 3 is 2.64 bits per heavy atom. The molecule has 1 aliphatic heterocycles. The van der Waals surface area contributed by atoms with E-state index in [4.69, 9.17) is 4.74 Å². The van der Waals surface area contributed by atoms with Crippen LogP contribution in [0.5, 0.6) is 0 Å². The molecule has 1 rings (SSSR count). The smallest absolute Gasteiger partial charge is 0.0845 e. The highest BCUT2D eigenvalue weighted by molar-refractivity contribution is 4.80. The van der Waals surface area contributed by atoms with Crippen LogP contribution in [-0.2, 0) is 4.74 Å². The standard InChI is InChI=1S/C8H17NO2/c1-8(2)6-9(10)5-4-7(8)11-3/h7,9H,4-6H2,1-3H3/t7-/m0/s1. The Labute approximate surface area is 67.9 Å². The van der Waals surface area contributed by atoms with Crippen LogP contribution < -0.4 is 5.06 Å². The summed E-state index contributed by atoms with van der Waals surface area (Å²) in [5, 5.41) is 11.5. The van der Waals surface area contributed by atoms with Gasteiger partial charge in [-0.05, 0) is 0 Å². The second-order valence-electron chi connectivity index (χ2n) is 3.97. The quantitative estimate of drug-likeness (QED) is 0.539. The first-order valence-corrected chi connectivity index (χ1v) is 4.11. The molecule has 1 heterocycles. The third-order valence-corrected chi connectivity index (χ3v) is 2.49. The molecule has 0 spiro atoms. The van der Waals surface area contributed by atoms with Crippen molar-refractivity contribution in [1.29, 1.82) is 0 Å². The molecule has 3 heteroatoms. The van der Waals surface area contributed by atoms with Crippen LogP contribution in [0.15, 0.2) is 0 Å². The lowest BCUT2D eigenvalue weighted by atomic mass is 9.82. The van der Waals surface area contributed by atoms with E-state index in [1.165, 1.54) is 0 Å². The summed E-state index contributed by atoms with van der Waals surface area (Å²) in [6, 6.07) is 0. The predicted octanol–water partition coefficient (Wildman–Crippen LogP) is -0.186. The van der Waals surface area contributed by atoms with Gasteiger partial charge in [0.05, 0.1) is 19.2 Å². The fraction of sp³-hybridized carbons (Fsp3) is 1.00.